The van der Waals surface area contributed by atoms with Gasteiger partial charge in [0.1, 0.15) is 0 Å². The van der Waals surface area contributed by atoms with Crippen LogP contribution in [0.25, 0.3) is 0 Å². The molecule has 1 aromatic carbocycles. The molecule has 18 heavy (non-hydrogen) atoms. The quantitative estimate of drug-likeness (QED) is 0.517. The average molecular weight is 264 g/mol. The van der Waals surface area contributed by atoms with Gasteiger partial charge in [0.15, 0.2) is 0 Å². The monoisotopic (exact) mass is 264 g/mol. The summed E-state index contributed by atoms with van der Waals surface area (Å²) in [5.41, 5.74) is 0.990. The topological polar surface area (TPSA) is 26.3 Å². The van der Waals surface area contributed by atoms with E-state index in [4.69, 9.17) is 4.52 Å². The van der Waals surface area contributed by atoms with Crippen molar-refractivity contribution in [2.75, 3.05) is 12.8 Å². The fourth-order valence-corrected chi connectivity index (χ4v) is 4.10. The van der Waals surface area contributed by atoms with Gasteiger partial charge >= 0.3 is 0 Å². The molecule has 2 nitrogen and oxygen atoms in total. The second-order valence-electron chi connectivity index (χ2n) is 4.11. The van der Waals surface area contributed by atoms with Crippen LogP contribution in [0.3, 0.4) is 0 Å². The Morgan fingerprint density at radius 1 is 1.33 bits per heavy atom. The second kappa shape index (κ2) is 7.35. The minimum atomic E-state index is -2.73. The van der Waals surface area contributed by atoms with Gasteiger partial charge in [0.25, 0.3) is 0 Å². The molecule has 0 saturated heterocycles. The van der Waals surface area contributed by atoms with Crippen LogP contribution < -0.4 is 0 Å². The summed E-state index contributed by atoms with van der Waals surface area (Å²) in [6.07, 6.45) is 4.49. The van der Waals surface area contributed by atoms with Crippen LogP contribution in [-0.4, -0.2) is 18.4 Å². The summed E-state index contributed by atoms with van der Waals surface area (Å²) in [6, 6.07) is 9.99. The molecule has 0 aromatic heterocycles. The van der Waals surface area contributed by atoms with Gasteiger partial charge in [-0.1, -0.05) is 42.5 Å². The zero-order valence-electron chi connectivity index (χ0n) is 10.9. The summed E-state index contributed by atoms with van der Waals surface area (Å²) in [4.78, 5) is 0. The Morgan fingerprint density at radius 2 is 2.00 bits per heavy atom. The van der Waals surface area contributed by atoms with E-state index < -0.39 is 7.37 Å². The standard InChI is InChI=1S/C15H21O2P/c1-4-12-18(16,17-6-3)15(5-2)13-14-10-8-7-9-11-14/h4-5,7-11,15H,1-2,6,12-13H2,3H3. The molecule has 0 aliphatic heterocycles. The van der Waals surface area contributed by atoms with Gasteiger partial charge in [0.2, 0.25) is 7.37 Å². The molecule has 0 radical (unpaired) electrons. The molecule has 98 valence electrons. The van der Waals surface area contributed by atoms with Gasteiger partial charge in [-0.15, -0.1) is 13.2 Å². The summed E-state index contributed by atoms with van der Waals surface area (Å²) in [6.45, 7) is 9.77. The smallest absolute Gasteiger partial charge is 0.213 e. The second-order valence-corrected chi connectivity index (χ2v) is 6.85. The largest absolute Gasteiger partial charge is 0.328 e. The maximum atomic E-state index is 12.8. The first-order valence-corrected chi connectivity index (χ1v) is 8.05. The number of benzene rings is 1. The number of hydrogen-bond donors (Lipinski definition) is 0. The highest BCUT2D eigenvalue weighted by Gasteiger charge is 2.30. The average Bonchev–Trinajstić information content (AvgIpc) is 2.37. The van der Waals surface area contributed by atoms with Crippen LogP contribution in [0.5, 0.6) is 0 Å². The molecule has 0 saturated carbocycles. The molecule has 2 unspecified atom stereocenters. The molecule has 0 fully saturated rings. The highest BCUT2D eigenvalue weighted by atomic mass is 31.2. The maximum absolute atomic E-state index is 12.8. The van der Waals surface area contributed by atoms with E-state index in [9.17, 15) is 4.57 Å². The Kier molecular flexibility index (Phi) is 6.11. The Balaban J connectivity index is 2.89. The van der Waals surface area contributed by atoms with Gasteiger partial charge in [0.05, 0.1) is 12.3 Å². The van der Waals surface area contributed by atoms with Crippen LogP contribution >= 0.6 is 7.37 Å². The lowest BCUT2D eigenvalue weighted by atomic mass is 10.1. The Hall–Kier alpha value is -1.11. The van der Waals surface area contributed by atoms with E-state index in [2.05, 4.69) is 13.2 Å². The van der Waals surface area contributed by atoms with Crippen molar-refractivity contribution in [3.8, 4) is 0 Å². The van der Waals surface area contributed by atoms with E-state index in [0.29, 0.717) is 19.2 Å². The molecule has 0 aliphatic carbocycles. The van der Waals surface area contributed by atoms with Gasteiger partial charge in [-0.3, -0.25) is 4.57 Å². The number of rotatable bonds is 8. The molecule has 0 heterocycles. The Morgan fingerprint density at radius 3 is 2.50 bits per heavy atom. The summed E-state index contributed by atoms with van der Waals surface area (Å²) < 4.78 is 18.3. The van der Waals surface area contributed by atoms with Gasteiger partial charge in [-0.2, -0.15) is 0 Å². The van der Waals surface area contributed by atoms with Crippen molar-refractivity contribution in [1.82, 2.24) is 0 Å². The number of hydrogen-bond acceptors (Lipinski definition) is 2. The molecular weight excluding hydrogens is 243 g/mol. The molecule has 0 bridgehead atoms. The van der Waals surface area contributed by atoms with Gasteiger partial charge in [-0.05, 0) is 18.9 Å². The third-order valence-electron chi connectivity index (χ3n) is 2.80. The highest BCUT2D eigenvalue weighted by Crippen LogP contribution is 2.53. The fourth-order valence-electron chi connectivity index (χ4n) is 1.92. The first-order valence-electron chi connectivity index (χ1n) is 6.17. The minimum Gasteiger partial charge on any atom is -0.328 e. The van der Waals surface area contributed by atoms with Crippen molar-refractivity contribution in [3.05, 3.63) is 61.2 Å². The predicted molar refractivity (Wildman–Crippen MR) is 78.4 cm³/mol. The van der Waals surface area contributed by atoms with E-state index in [-0.39, 0.29) is 5.66 Å². The molecule has 1 aromatic rings. The van der Waals surface area contributed by atoms with Crippen molar-refractivity contribution in [2.24, 2.45) is 0 Å². The normalized spacial score (nSPS) is 15.6. The number of allylic oxidation sites excluding steroid dienone is 2. The SMILES string of the molecule is C=CCP(=O)(OCC)C(C=C)Cc1ccccc1. The lowest BCUT2D eigenvalue weighted by Crippen LogP contribution is -2.13. The third-order valence-corrected chi connectivity index (χ3v) is 5.66. The van der Waals surface area contributed by atoms with E-state index in [1.807, 2.05) is 37.3 Å². The van der Waals surface area contributed by atoms with Gasteiger partial charge in [-0.25, -0.2) is 0 Å². The summed E-state index contributed by atoms with van der Waals surface area (Å²) in [5, 5.41) is 0. The Bertz CT molecular complexity index is 425. The van der Waals surface area contributed by atoms with Crippen molar-refractivity contribution < 1.29 is 9.09 Å². The fraction of sp³-hybridized carbons (Fsp3) is 0.333. The van der Waals surface area contributed by atoms with E-state index in [1.54, 1.807) is 12.2 Å². The van der Waals surface area contributed by atoms with Crippen molar-refractivity contribution >= 4 is 7.37 Å². The third kappa shape index (κ3) is 3.97. The highest BCUT2D eigenvalue weighted by molar-refractivity contribution is 7.60. The zero-order chi connectivity index (χ0) is 13.4. The molecule has 3 heteroatoms. The first-order chi connectivity index (χ1) is 8.66. The predicted octanol–water partition coefficient (Wildman–Crippen LogP) is 4.28. The van der Waals surface area contributed by atoms with Crippen molar-refractivity contribution in [1.29, 1.82) is 0 Å². The van der Waals surface area contributed by atoms with E-state index in [1.165, 1.54) is 0 Å². The van der Waals surface area contributed by atoms with Crippen LogP contribution in [0.1, 0.15) is 12.5 Å². The lowest BCUT2D eigenvalue weighted by molar-refractivity contribution is 0.330. The van der Waals surface area contributed by atoms with Crippen LogP contribution in [-0.2, 0) is 15.5 Å². The summed E-state index contributed by atoms with van der Waals surface area (Å²) in [7, 11) is -2.73. The van der Waals surface area contributed by atoms with Gasteiger partial charge < -0.3 is 4.52 Å². The van der Waals surface area contributed by atoms with Crippen LogP contribution in [0.2, 0.25) is 0 Å². The molecule has 0 spiro atoms. The maximum Gasteiger partial charge on any atom is 0.213 e. The van der Waals surface area contributed by atoms with Crippen LogP contribution in [0.15, 0.2) is 55.6 Å². The molecule has 2 atom stereocenters. The molecular formula is C15H21O2P. The molecule has 1 rings (SSSR count). The van der Waals surface area contributed by atoms with Crippen molar-refractivity contribution in [2.45, 2.75) is 19.0 Å². The van der Waals surface area contributed by atoms with Gasteiger partial charge in [0, 0.05) is 6.16 Å². The lowest BCUT2D eigenvalue weighted by Gasteiger charge is -2.24. The summed E-state index contributed by atoms with van der Waals surface area (Å²) >= 11 is 0. The molecule has 0 N–H and O–H groups in total. The minimum absolute atomic E-state index is 0.155. The zero-order valence-corrected chi connectivity index (χ0v) is 11.8. The Labute approximate surface area is 110 Å². The van der Waals surface area contributed by atoms with Crippen LogP contribution in [0, 0.1) is 0 Å². The van der Waals surface area contributed by atoms with Crippen LogP contribution in [0.4, 0.5) is 0 Å². The molecule has 0 amide bonds. The van der Waals surface area contributed by atoms with E-state index in [0.717, 1.165) is 5.56 Å². The first kappa shape index (κ1) is 14.9. The van der Waals surface area contributed by atoms with Crippen molar-refractivity contribution in [3.63, 3.8) is 0 Å². The molecule has 0 aliphatic rings. The van der Waals surface area contributed by atoms with E-state index >= 15 is 0 Å². The summed E-state index contributed by atoms with van der Waals surface area (Å²) in [5.74, 6) is 0.